The van der Waals surface area contributed by atoms with Gasteiger partial charge in [-0.15, -0.1) is 0 Å². The first-order valence-corrected chi connectivity index (χ1v) is 14.4. The third-order valence-corrected chi connectivity index (χ3v) is 12.6. The van der Waals surface area contributed by atoms with E-state index in [1.165, 1.54) is 25.7 Å². The molecule has 4 rings (SSSR count). The maximum Gasteiger partial charge on any atom is 0.178 e. The summed E-state index contributed by atoms with van der Waals surface area (Å²) in [5.74, 6) is 1.03. The fourth-order valence-electron chi connectivity index (χ4n) is 10.1. The molecule has 0 aliphatic heterocycles. The Morgan fingerprint density at radius 3 is 2.25 bits per heavy atom. The van der Waals surface area contributed by atoms with Gasteiger partial charge in [0, 0.05) is 11.8 Å². The highest BCUT2D eigenvalue weighted by Gasteiger charge is 2.66. The lowest BCUT2D eigenvalue weighted by atomic mass is 9.36. The van der Waals surface area contributed by atoms with Crippen molar-refractivity contribution in [2.75, 3.05) is 6.54 Å². The molecule has 4 aliphatic rings. The minimum Gasteiger partial charge on any atom is -0.330 e. The Hall–Kier alpha value is -1.47. The molecule has 200 valence electrons. The predicted octanol–water partition coefficient (Wildman–Crippen LogP) is 7.02. The van der Waals surface area contributed by atoms with Crippen LogP contribution in [0.5, 0.6) is 0 Å². The van der Waals surface area contributed by atoms with E-state index in [2.05, 4.69) is 40.7 Å². The van der Waals surface area contributed by atoms with E-state index in [1.54, 1.807) is 6.92 Å². The van der Waals surface area contributed by atoms with Crippen molar-refractivity contribution in [1.29, 1.82) is 5.26 Å². The summed E-state index contributed by atoms with van der Waals surface area (Å²) in [6.45, 7) is 18.6. The van der Waals surface area contributed by atoms with Gasteiger partial charge in [-0.3, -0.25) is 4.79 Å². The number of hydrogen-bond acceptors (Lipinski definition) is 4. The fraction of sp³-hybridized carbons (Fsp3) is 0.844. The summed E-state index contributed by atoms with van der Waals surface area (Å²) < 4.78 is 0. The lowest BCUT2D eigenvalue weighted by Crippen LogP contribution is -2.62. The van der Waals surface area contributed by atoms with Gasteiger partial charge in [0.2, 0.25) is 0 Å². The summed E-state index contributed by atoms with van der Waals surface area (Å²) in [7, 11) is 0. The van der Waals surface area contributed by atoms with Crippen LogP contribution in [-0.4, -0.2) is 18.1 Å². The Labute approximate surface area is 219 Å². The van der Waals surface area contributed by atoms with Crippen LogP contribution in [0.1, 0.15) is 113 Å². The summed E-state index contributed by atoms with van der Waals surface area (Å²) >= 11 is 0. The van der Waals surface area contributed by atoms with Crippen LogP contribution in [0.4, 0.5) is 0 Å². The molecule has 0 spiro atoms. The van der Waals surface area contributed by atoms with E-state index in [-0.39, 0.29) is 45.1 Å². The van der Waals surface area contributed by atoms with Gasteiger partial charge >= 0.3 is 0 Å². The highest BCUT2D eigenvalue weighted by molar-refractivity contribution is 6.04. The minimum atomic E-state index is -0.597. The molecule has 7 atom stereocenters. The van der Waals surface area contributed by atoms with Crippen molar-refractivity contribution >= 4 is 11.6 Å². The lowest BCUT2D eigenvalue weighted by Gasteiger charge is -2.67. The number of hydrogen-bond donors (Lipinski definition) is 1. The van der Waals surface area contributed by atoms with Crippen LogP contribution in [0.3, 0.4) is 0 Å². The maximum absolute atomic E-state index is 13.2. The Morgan fingerprint density at radius 2 is 1.67 bits per heavy atom. The minimum absolute atomic E-state index is 0.0290. The highest BCUT2D eigenvalue weighted by Crippen LogP contribution is 2.71. The molecule has 3 fully saturated rings. The molecule has 0 heterocycles. The van der Waals surface area contributed by atoms with Crippen molar-refractivity contribution in [3.63, 3.8) is 0 Å². The molecule has 0 amide bonds. The van der Waals surface area contributed by atoms with Gasteiger partial charge in [-0.2, -0.15) is 5.26 Å². The van der Waals surface area contributed by atoms with Gasteiger partial charge < -0.3 is 10.5 Å². The quantitative estimate of drug-likeness (QED) is 0.455. The van der Waals surface area contributed by atoms with Crippen molar-refractivity contribution in [2.45, 2.75) is 113 Å². The molecule has 1 unspecified atom stereocenters. The van der Waals surface area contributed by atoms with Crippen LogP contribution in [0.15, 0.2) is 11.6 Å². The Balaban J connectivity index is 1.81. The highest BCUT2D eigenvalue weighted by atomic mass is 16.1. The van der Waals surface area contributed by atoms with Gasteiger partial charge in [0.25, 0.3) is 0 Å². The number of carbonyl (C=O) groups excluding carboxylic acids is 2. The summed E-state index contributed by atoms with van der Waals surface area (Å²) in [6, 6.07) is 2.23. The molecule has 3 saturated carbocycles. The predicted molar refractivity (Wildman–Crippen MR) is 145 cm³/mol. The van der Waals surface area contributed by atoms with Crippen LogP contribution in [-0.2, 0) is 9.59 Å². The normalized spacial score (nSPS) is 45.6. The molecule has 4 nitrogen and oxygen atoms in total. The number of nitrogens with zero attached hydrogens (tertiary/aromatic N) is 1. The van der Waals surface area contributed by atoms with Crippen LogP contribution in [0.25, 0.3) is 0 Å². The van der Waals surface area contributed by atoms with Gasteiger partial charge in [-0.25, -0.2) is 0 Å². The summed E-state index contributed by atoms with van der Waals surface area (Å²) in [6.07, 6.45) is 11.7. The van der Waals surface area contributed by atoms with Crippen molar-refractivity contribution in [3.05, 3.63) is 11.6 Å². The van der Waals surface area contributed by atoms with Crippen LogP contribution >= 0.6 is 0 Å². The van der Waals surface area contributed by atoms with Gasteiger partial charge in [-0.05, 0) is 110 Å². The molecule has 4 heteroatoms. The number of nitrogens with two attached hydrogens (primary N) is 1. The van der Waals surface area contributed by atoms with E-state index in [9.17, 15) is 14.9 Å². The Kier molecular flexibility index (Phi) is 6.52. The molecule has 0 aromatic heterocycles. The summed E-state index contributed by atoms with van der Waals surface area (Å²) in [5, 5.41) is 9.91. The summed E-state index contributed by atoms with van der Waals surface area (Å²) in [5.41, 5.74) is 6.47. The lowest BCUT2D eigenvalue weighted by molar-refractivity contribution is -0.176. The molecular weight excluding hydrogens is 444 g/mol. The average molecular weight is 495 g/mol. The zero-order valence-electron chi connectivity index (χ0n) is 24.2. The van der Waals surface area contributed by atoms with E-state index >= 15 is 0 Å². The van der Waals surface area contributed by atoms with Gasteiger partial charge in [0.15, 0.2) is 5.78 Å². The second-order valence-corrected chi connectivity index (χ2v) is 15.5. The van der Waals surface area contributed by atoms with Crippen molar-refractivity contribution in [1.82, 2.24) is 0 Å². The topological polar surface area (TPSA) is 84.0 Å². The van der Waals surface area contributed by atoms with Crippen molar-refractivity contribution < 1.29 is 9.59 Å². The maximum atomic E-state index is 13.2. The number of rotatable bonds is 4. The molecule has 36 heavy (non-hydrogen) atoms. The van der Waals surface area contributed by atoms with Gasteiger partial charge in [-0.1, -0.05) is 54.5 Å². The summed E-state index contributed by atoms with van der Waals surface area (Å²) in [4.78, 5) is 26.1. The zero-order valence-corrected chi connectivity index (χ0v) is 24.2. The number of allylic oxidation sites excluding steroid dienone is 2. The first kappa shape index (κ1) is 27.6. The number of Topliss-reactive ketones (excluding diaryl/α,β-unsaturated/α-hetero) is 2. The van der Waals surface area contributed by atoms with Crippen molar-refractivity contribution in [2.24, 2.45) is 56.0 Å². The number of ketones is 2. The van der Waals surface area contributed by atoms with Crippen LogP contribution in [0.2, 0.25) is 0 Å². The first-order valence-electron chi connectivity index (χ1n) is 14.4. The number of carbonyl (C=O) groups is 2. The SMILES string of the molecule is CC(=O)C[C@@H]1[C@@]2(C)C=C(C#N)C(=O)C(C)(C)[C@@H]2CC[C@@]1(C)[C@]1(C)CC[C@@]2(CN)CCC(C)(C)CC2C1. The first-order chi connectivity index (χ1) is 16.5. The van der Waals surface area contributed by atoms with Gasteiger partial charge in [0.1, 0.15) is 11.9 Å². The van der Waals surface area contributed by atoms with Gasteiger partial charge in [0.05, 0.1) is 5.57 Å². The van der Waals surface area contributed by atoms with E-state index < -0.39 is 5.41 Å². The Bertz CT molecular complexity index is 1020. The fourth-order valence-corrected chi connectivity index (χ4v) is 10.1. The monoisotopic (exact) mass is 494 g/mol. The standard InChI is InChI=1S/C32H50N2O2/c1-21(35)15-25-30(7)16-22(19-33)26(36)28(4,5)24(30)9-10-31(25,8)29(6)12-14-32(20-34)13-11-27(2,3)17-23(32)18-29/h16,23-25H,9-15,17-18,20,34H2,1-8H3/t23?,24-,25+,29+,30-,31+,32+/m0/s1. The zero-order chi connectivity index (χ0) is 26.9. The van der Waals surface area contributed by atoms with E-state index in [4.69, 9.17) is 5.73 Å². The second-order valence-electron chi connectivity index (χ2n) is 15.5. The van der Waals surface area contributed by atoms with E-state index in [1.807, 2.05) is 19.9 Å². The third kappa shape index (κ3) is 3.86. The van der Waals surface area contributed by atoms with Crippen molar-refractivity contribution in [3.8, 4) is 6.07 Å². The molecule has 0 aromatic rings. The molecular formula is C32H50N2O2. The third-order valence-electron chi connectivity index (χ3n) is 12.6. The van der Waals surface area contributed by atoms with Crippen LogP contribution in [0, 0.1) is 61.6 Å². The molecule has 0 aromatic carbocycles. The second kappa shape index (κ2) is 8.52. The van der Waals surface area contributed by atoms with E-state index in [0.717, 1.165) is 32.2 Å². The largest absolute Gasteiger partial charge is 0.330 e. The molecule has 0 saturated heterocycles. The number of fused-ring (bicyclic) bond motifs is 2. The molecule has 0 radical (unpaired) electrons. The average Bonchev–Trinajstić information content (AvgIpc) is 2.78. The van der Waals surface area contributed by atoms with E-state index in [0.29, 0.717) is 23.3 Å². The Morgan fingerprint density at radius 1 is 1.03 bits per heavy atom. The van der Waals surface area contributed by atoms with Crippen LogP contribution < -0.4 is 5.73 Å². The molecule has 4 aliphatic carbocycles. The number of nitriles is 1. The smallest absolute Gasteiger partial charge is 0.178 e. The molecule has 0 bridgehead atoms. The molecule has 2 N–H and O–H groups in total.